The molecule has 1 aliphatic heterocycles. The van der Waals surface area contributed by atoms with Crippen molar-refractivity contribution in [3.63, 3.8) is 0 Å². The van der Waals surface area contributed by atoms with Crippen LogP contribution in [0.15, 0.2) is 16.6 Å². The minimum Gasteiger partial charge on any atom is -0.497 e. The van der Waals surface area contributed by atoms with Gasteiger partial charge in [0.25, 0.3) is 0 Å². The van der Waals surface area contributed by atoms with E-state index in [4.69, 9.17) is 9.47 Å². The van der Waals surface area contributed by atoms with Crippen LogP contribution in [0.2, 0.25) is 0 Å². The number of hydrogen-bond donors (Lipinski definition) is 1. The summed E-state index contributed by atoms with van der Waals surface area (Å²) < 4.78 is 11.7. The van der Waals surface area contributed by atoms with E-state index in [0.717, 1.165) is 47.5 Å². The molecule has 0 radical (unpaired) electrons. The summed E-state index contributed by atoms with van der Waals surface area (Å²) in [7, 11) is 3.31. The summed E-state index contributed by atoms with van der Waals surface area (Å²) in [6.45, 7) is 2.02. The maximum Gasteiger partial charge on any atom is 0.128 e. The van der Waals surface area contributed by atoms with Crippen LogP contribution >= 0.6 is 15.9 Å². The number of hydrogen-bond acceptors (Lipinski definition) is 4. The minimum atomic E-state index is 0.218. The molecule has 1 aliphatic rings. The Labute approximate surface area is 122 Å². The zero-order valence-corrected chi connectivity index (χ0v) is 12.9. The fourth-order valence-corrected chi connectivity index (χ4v) is 3.10. The molecule has 1 N–H and O–H groups in total. The van der Waals surface area contributed by atoms with Gasteiger partial charge in [-0.25, -0.2) is 0 Å². The lowest BCUT2D eigenvalue weighted by atomic mass is 10.1. The zero-order valence-electron chi connectivity index (χ0n) is 11.4. The molecule has 1 fully saturated rings. The van der Waals surface area contributed by atoms with Gasteiger partial charge in [0.1, 0.15) is 11.5 Å². The quantitative estimate of drug-likeness (QED) is 0.900. The molecular formula is C14H20BrNO3. The van der Waals surface area contributed by atoms with E-state index in [-0.39, 0.29) is 12.6 Å². The summed E-state index contributed by atoms with van der Waals surface area (Å²) in [6.07, 6.45) is 2.20. The lowest BCUT2D eigenvalue weighted by molar-refractivity contribution is 0.152. The predicted octanol–water partition coefficient (Wildman–Crippen LogP) is 2.42. The number of nitrogens with zero attached hydrogens (tertiary/aromatic N) is 1. The molecule has 5 heteroatoms. The molecule has 0 amide bonds. The van der Waals surface area contributed by atoms with Crippen LogP contribution in [0.1, 0.15) is 18.4 Å². The standard InChI is InChI=1S/C14H20BrNO3/c1-18-11-6-13(15)12(14(7-11)19-2)8-16-5-3-4-10(16)9-17/h6-7,10,17H,3-5,8-9H2,1-2H3/t10-/m0/s1. The van der Waals surface area contributed by atoms with Gasteiger partial charge in [0, 0.05) is 28.7 Å². The third-order valence-electron chi connectivity index (χ3n) is 3.65. The van der Waals surface area contributed by atoms with E-state index in [1.54, 1.807) is 14.2 Å². The Hall–Kier alpha value is -0.780. The van der Waals surface area contributed by atoms with Gasteiger partial charge in [0.05, 0.1) is 20.8 Å². The molecule has 0 spiro atoms. The van der Waals surface area contributed by atoms with Crippen LogP contribution in [0, 0.1) is 0 Å². The smallest absolute Gasteiger partial charge is 0.128 e. The van der Waals surface area contributed by atoms with Crippen molar-refractivity contribution < 1.29 is 14.6 Å². The third kappa shape index (κ3) is 3.22. The van der Waals surface area contributed by atoms with Gasteiger partial charge in [0.15, 0.2) is 0 Å². The van der Waals surface area contributed by atoms with Crippen molar-refractivity contribution in [2.45, 2.75) is 25.4 Å². The Balaban J connectivity index is 2.24. The number of benzene rings is 1. The van der Waals surface area contributed by atoms with Gasteiger partial charge >= 0.3 is 0 Å². The molecule has 19 heavy (non-hydrogen) atoms. The number of aliphatic hydroxyl groups is 1. The molecule has 1 saturated heterocycles. The van der Waals surface area contributed by atoms with Gasteiger partial charge in [-0.05, 0) is 25.5 Å². The Kier molecular flexibility index (Phi) is 5.07. The third-order valence-corrected chi connectivity index (χ3v) is 4.36. The highest BCUT2D eigenvalue weighted by molar-refractivity contribution is 9.10. The Bertz CT molecular complexity index is 439. The van der Waals surface area contributed by atoms with Crippen LogP contribution in [-0.4, -0.2) is 43.4 Å². The first-order valence-corrected chi connectivity index (χ1v) is 7.24. The van der Waals surface area contributed by atoms with E-state index < -0.39 is 0 Å². The molecule has 1 aromatic rings. The number of halogens is 1. The van der Waals surface area contributed by atoms with Crippen molar-refractivity contribution in [3.05, 3.63) is 22.2 Å². The van der Waals surface area contributed by atoms with Crippen molar-refractivity contribution in [2.75, 3.05) is 27.4 Å². The Morgan fingerprint density at radius 2 is 2.16 bits per heavy atom. The van der Waals surface area contributed by atoms with E-state index in [9.17, 15) is 5.11 Å². The largest absolute Gasteiger partial charge is 0.497 e. The number of ether oxygens (including phenoxy) is 2. The lowest BCUT2D eigenvalue weighted by Crippen LogP contribution is -2.31. The molecule has 0 bridgehead atoms. The van der Waals surface area contributed by atoms with Crippen LogP contribution in [0.3, 0.4) is 0 Å². The van der Waals surface area contributed by atoms with Crippen LogP contribution in [0.4, 0.5) is 0 Å². The molecule has 1 aromatic carbocycles. The first kappa shape index (κ1) is 14.6. The molecule has 1 heterocycles. The van der Waals surface area contributed by atoms with E-state index in [1.807, 2.05) is 12.1 Å². The van der Waals surface area contributed by atoms with Crippen molar-refractivity contribution in [2.24, 2.45) is 0 Å². The second-order valence-corrected chi connectivity index (χ2v) is 5.59. The zero-order chi connectivity index (χ0) is 13.8. The Morgan fingerprint density at radius 3 is 2.79 bits per heavy atom. The number of rotatable bonds is 5. The van der Waals surface area contributed by atoms with E-state index >= 15 is 0 Å². The molecular weight excluding hydrogens is 310 g/mol. The SMILES string of the molecule is COc1cc(Br)c(CN2CCC[C@H]2CO)c(OC)c1. The molecule has 1 atom stereocenters. The molecule has 2 rings (SSSR count). The fourth-order valence-electron chi connectivity index (χ4n) is 2.55. The van der Waals surface area contributed by atoms with Gasteiger partial charge in [-0.15, -0.1) is 0 Å². The second-order valence-electron chi connectivity index (χ2n) is 4.74. The van der Waals surface area contributed by atoms with Gasteiger partial charge in [-0.2, -0.15) is 0 Å². The number of methoxy groups -OCH3 is 2. The lowest BCUT2D eigenvalue weighted by Gasteiger charge is -2.24. The molecule has 4 nitrogen and oxygen atoms in total. The molecule has 0 aliphatic carbocycles. The van der Waals surface area contributed by atoms with E-state index in [2.05, 4.69) is 20.8 Å². The van der Waals surface area contributed by atoms with Crippen molar-refractivity contribution in [1.29, 1.82) is 0 Å². The summed E-state index contributed by atoms with van der Waals surface area (Å²) >= 11 is 3.58. The van der Waals surface area contributed by atoms with Crippen molar-refractivity contribution >= 4 is 15.9 Å². The van der Waals surface area contributed by atoms with Crippen LogP contribution in [0.5, 0.6) is 11.5 Å². The Morgan fingerprint density at radius 1 is 1.37 bits per heavy atom. The normalized spacial score (nSPS) is 19.7. The number of likely N-dealkylation sites (tertiary alicyclic amines) is 1. The van der Waals surface area contributed by atoms with Gasteiger partial charge in [0.2, 0.25) is 0 Å². The van der Waals surface area contributed by atoms with Gasteiger partial charge in [-0.3, -0.25) is 4.90 Å². The summed E-state index contributed by atoms with van der Waals surface area (Å²) in [5, 5.41) is 9.39. The summed E-state index contributed by atoms with van der Waals surface area (Å²) in [5.41, 5.74) is 1.10. The van der Waals surface area contributed by atoms with Crippen molar-refractivity contribution in [3.8, 4) is 11.5 Å². The maximum atomic E-state index is 9.39. The highest BCUT2D eigenvalue weighted by Gasteiger charge is 2.25. The predicted molar refractivity (Wildman–Crippen MR) is 77.8 cm³/mol. The fraction of sp³-hybridized carbons (Fsp3) is 0.571. The summed E-state index contributed by atoms with van der Waals surface area (Å²) in [6, 6.07) is 4.10. The molecule has 0 unspecified atom stereocenters. The minimum absolute atomic E-state index is 0.218. The summed E-state index contributed by atoms with van der Waals surface area (Å²) in [4.78, 5) is 2.30. The highest BCUT2D eigenvalue weighted by Crippen LogP contribution is 2.34. The molecule has 0 aromatic heterocycles. The van der Waals surface area contributed by atoms with E-state index in [1.165, 1.54) is 0 Å². The van der Waals surface area contributed by atoms with Gasteiger partial charge in [-0.1, -0.05) is 15.9 Å². The van der Waals surface area contributed by atoms with Crippen LogP contribution in [-0.2, 0) is 6.54 Å². The molecule has 106 valence electrons. The summed E-state index contributed by atoms with van der Waals surface area (Å²) in [5.74, 6) is 1.59. The number of aliphatic hydroxyl groups excluding tert-OH is 1. The maximum absolute atomic E-state index is 9.39. The molecule has 0 saturated carbocycles. The highest BCUT2D eigenvalue weighted by atomic mass is 79.9. The average Bonchev–Trinajstić information content (AvgIpc) is 2.87. The van der Waals surface area contributed by atoms with Crippen LogP contribution in [0.25, 0.3) is 0 Å². The van der Waals surface area contributed by atoms with Crippen molar-refractivity contribution in [1.82, 2.24) is 4.90 Å². The first-order chi connectivity index (χ1) is 9.19. The first-order valence-electron chi connectivity index (χ1n) is 6.45. The van der Waals surface area contributed by atoms with E-state index in [0.29, 0.717) is 0 Å². The average molecular weight is 330 g/mol. The topological polar surface area (TPSA) is 41.9 Å². The van der Waals surface area contributed by atoms with Crippen LogP contribution < -0.4 is 9.47 Å². The second kappa shape index (κ2) is 6.59. The van der Waals surface area contributed by atoms with Gasteiger partial charge < -0.3 is 14.6 Å². The monoisotopic (exact) mass is 329 g/mol.